The maximum absolute atomic E-state index is 13.1. The van der Waals surface area contributed by atoms with E-state index in [9.17, 15) is 14.7 Å². The number of carbonyl (C=O) groups is 1. The number of piperidine rings is 1. The number of amides is 1. The fourth-order valence-electron chi connectivity index (χ4n) is 6.00. The first kappa shape index (κ1) is 28.7. The van der Waals surface area contributed by atoms with Gasteiger partial charge in [0.05, 0.1) is 29.6 Å². The second-order valence-corrected chi connectivity index (χ2v) is 12.5. The Labute approximate surface area is 251 Å². The molecule has 6 N–H and O–H groups in total. The maximum atomic E-state index is 13.1. The zero-order chi connectivity index (χ0) is 29.6. The Kier molecular flexibility index (Phi) is 7.77. The van der Waals surface area contributed by atoms with Gasteiger partial charge in [0, 0.05) is 42.4 Å². The molecule has 1 aromatic carbocycles. The normalized spacial score (nSPS) is 21.4. The molecule has 3 aliphatic rings. The number of aryl methyl sites for hydroxylation is 1. The second-order valence-electron chi connectivity index (χ2n) is 11.1. The highest BCUT2D eigenvalue weighted by molar-refractivity contribution is 7.99. The minimum atomic E-state index is -0.790. The van der Waals surface area contributed by atoms with Crippen molar-refractivity contribution in [3.8, 4) is 5.88 Å². The number of nitrogens with zero attached hydrogens (tertiary/aromatic N) is 5. The van der Waals surface area contributed by atoms with Crippen molar-refractivity contribution in [3.63, 3.8) is 0 Å². The maximum Gasteiger partial charge on any atom is 0.270 e. The molecular formula is C28H33ClN8O4S. The molecule has 14 heteroatoms. The summed E-state index contributed by atoms with van der Waals surface area (Å²) in [5.74, 6) is 0.0580. The van der Waals surface area contributed by atoms with Crippen LogP contribution in [-0.4, -0.2) is 62.4 Å². The monoisotopic (exact) mass is 612 g/mol. The minimum Gasteiger partial charge on any atom is -0.493 e. The third-order valence-electron chi connectivity index (χ3n) is 8.59. The largest absolute Gasteiger partial charge is 0.493 e. The van der Waals surface area contributed by atoms with Crippen LogP contribution in [-0.2, 0) is 17.7 Å². The Balaban J connectivity index is 1.16. The first-order valence-electron chi connectivity index (χ1n) is 14.0. The summed E-state index contributed by atoms with van der Waals surface area (Å²) in [4.78, 5) is 42.0. The van der Waals surface area contributed by atoms with Crippen molar-refractivity contribution >= 4 is 46.6 Å². The average Bonchev–Trinajstić information content (AvgIpc) is 3.25. The third-order valence-corrected chi connectivity index (χ3v) is 10.2. The molecule has 2 aromatic heterocycles. The smallest absolute Gasteiger partial charge is 0.270 e. The molecule has 1 spiro atoms. The number of carbonyl (C=O) groups excluding carboxylic acids is 1. The summed E-state index contributed by atoms with van der Waals surface area (Å²) in [7, 11) is 0. The van der Waals surface area contributed by atoms with Crippen molar-refractivity contribution in [2.24, 2.45) is 11.1 Å². The van der Waals surface area contributed by atoms with Gasteiger partial charge in [-0.25, -0.2) is 9.97 Å². The number of anilines is 3. The van der Waals surface area contributed by atoms with Gasteiger partial charge in [-0.2, -0.15) is 4.98 Å². The number of benzene rings is 1. The van der Waals surface area contributed by atoms with Crippen molar-refractivity contribution in [1.29, 1.82) is 0 Å². The zero-order valence-corrected chi connectivity index (χ0v) is 24.7. The van der Waals surface area contributed by atoms with Gasteiger partial charge in [0.2, 0.25) is 5.88 Å². The lowest BCUT2D eigenvalue weighted by molar-refractivity contribution is 0.0974. The first-order chi connectivity index (χ1) is 20.2. The number of hydrogen-bond donors (Lipinski definition) is 4. The van der Waals surface area contributed by atoms with E-state index in [0.29, 0.717) is 41.1 Å². The molecule has 1 amide bonds. The van der Waals surface area contributed by atoms with Gasteiger partial charge in [0.15, 0.2) is 11.4 Å². The van der Waals surface area contributed by atoms with Gasteiger partial charge in [-0.05, 0) is 44.7 Å². The number of aromatic nitrogens is 4. The molecule has 6 rings (SSSR count). The summed E-state index contributed by atoms with van der Waals surface area (Å²) in [5.41, 5.74) is 12.1. The number of nitrogens with two attached hydrogens (primary N) is 2. The van der Waals surface area contributed by atoms with E-state index in [0.717, 1.165) is 38.8 Å². The molecule has 2 fully saturated rings. The molecule has 3 aromatic rings. The van der Waals surface area contributed by atoms with E-state index >= 15 is 0 Å². The first-order valence-corrected chi connectivity index (χ1v) is 15.2. The SMILES string of the molecule is C[C@@H]1OCC2(CCN(c3cnc(Sc4cccc(NC(=O)c5c(O)nc6n(c5=O)CCCC6)c4Cl)c(N)n3)CC2)C1N. The molecular weight excluding hydrogens is 580 g/mol. The number of fused-ring (bicyclic) bond motifs is 1. The Morgan fingerprint density at radius 3 is 2.74 bits per heavy atom. The highest BCUT2D eigenvalue weighted by Gasteiger charge is 2.47. The average molecular weight is 613 g/mol. The van der Waals surface area contributed by atoms with Gasteiger partial charge in [0.1, 0.15) is 16.7 Å². The van der Waals surface area contributed by atoms with Crippen LogP contribution in [0.5, 0.6) is 5.88 Å². The molecule has 0 radical (unpaired) electrons. The van der Waals surface area contributed by atoms with Gasteiger partial charge in [0.25, 0.3) is 11.5 Å². The number of ether oxygens (including phenoxy) is 1. The molecule has 0 bridgehead atoms. The summed E-state index contributed by atoms with van der Waals surface area (Å²) in [6, 6.07) is 5.11. The quantitative estimate of drug-likeness (QED) is 0.333. The van der Waals surface area contributed by atoms with Crippen LogP contribution in [0.2, 0.25) is 5.02 Å². The summed E-state index contributed by atoms with van der Waals surface area (Å²) >= 11 is 7.87. The summed E-state index contributed by atoms with van der Waals surface area (Å²) in [6.07, 6.45) is 5.85. The number of hydrogen-bond acceptors (Lipinski definition) is 11. The Bertz CT molecular complexity index is 1590. The molecule has 5 heterocycles. The second kappa shape index (κ2) is 11.4. The molecule has 12 nitrogen and oxygen atoms in total. The van der Waals surface area contributed by atoms with Crippen LogP contribution in [0.25, 0.3) is 0 Å². The highest BCUT2D eigenvalue weighted by Crippen LogP contribution is 2.42. The summed E-state index contributed by atoms with van der Waals surface area (Å²) < 4.78 is 7.27. The van der Waals surface area contributed by atoms with Crippen molar-refractivity contribution in [3.05, 3.63) is 51.2 Å². The zero-order valence-electron chi connectivity index (χ0n) is 23.2. The Morgan fingerprint density at radius 1 is 1.24 bits per heavy atom. The topological polar surface area (TPSA) is 175 Å². The van der Waals surface area contributed by atoms with Crippen molar-refractivity contribution in [1.82, 2.24) is 19.5 Å². The van der Waals surface area contributed by atoms with Crippen LogP contribution in [0.1, 0.15) is 48.8 Å². The molecule has 1 unspecified atom stereocenters. The van der Waals surface area contributed by atoms with E-state index in [2.05, 4.69) is 25.2 Å². The molecule has 3 aliphatic heterocycles. The highest BCUT2D eigenvalue weighted by atomic mass is 35.5. The van der Waals surface area contributed by atoms with Crippen LogP contribution >= 0.6 is 23.4 Å². The predicted octanol–water partition coefficient (Wildman–Crippen LogP) is 3.05. The van der Waals surface area contributed by atoms with Crippen molar-refractivity contribution in [2.45, 2.75) is 67.6 Å². The standard InChI is InChI=1S/C28H33ClN8O4S/c1-15-22(30)28(14-41-15)8-11-36(12-9-28)19-13-32-26(23(31)34-19)42-17-6-4-5-16(21(17)29)33-24(38)20-25(39)35-18-7-2-3-10-37(18)27(20)40/h4-6,13,15,22,39H,2-3,7-12,14,30H2,1H3,(H2,31,34)(H,33,38)/t15-,22?/m0/s1. The van der Waals surface area contributed by atoms with Gasteiger partial charge >= 0.3 is 0 Å². The molecule has 0 saturated carbocycles. The number of halogens is 1. The van der Waals surface area contributed by atoms with E-state index in [1.807, 2.05) is 6.92 Å². The Morgan fingerprint density at radius 2 is 2.02 bits per heavy atom. The number of aromatic hydroxyl groups is 1. The van der Waals surface area contributed by atoms with Crippen LogP contribution in [0.4, 0.5) is 17.3 Å². The lowest BCUT2D eigenvalue weighted by atomic mass is 9.73. The van der Waals surface area contributed by atoms with Gasteiger partial charge in [-0.1, -0.05) is 29.4 Å². The number of rotatable bonds is 5. The molecule has 0 aliphatic carbocycles. The van der Waals surface area contributed by atoms with Gasteiger partial charge in [-0.3, -0.25) is 14.2 Å². The molecule has 2 saturated heterocycles. The fourth-order valence-corrected chi connectivity index (χ4v) is 7.10. The van der Waals surface area contributed by atoms with Crippen LogP contribution in [0.3, 0.4) is 0 Å². The minimum absolute atomic E-state index is 0.00508. The van der Waals surface area contributed by atoms with Crippen LogP contribution in [0.15, 0.2) is 39.1 Å². The number of nitrogen functional groups attached to an aromatic ring is 1. The lowest BCUT2D eigenvalue weighted by Crippen LogP contribution is -2.50. The Hall–Kier alpha value is -3.39. The van der Waals surface area contributed by atoms with E-state index < -0.39 is 22.9 Å². The van der Waals surface area contributed by atoms with E-state index in [4.69, 9.17) is 27.8 Å². The van der Waals surface area contributed by atoms with Crippen molar-refractivity contribution < 1.29 is 14.6 Å². The van der Waals surface area contributed by atoms with E-state index in [1.165, 1.54) is 16.3 Å². The lowest BCUT2D eigenvalue weighted by Gasteiger charge is -2.41. The van der Waals surface area contributed by atoms with Gasteiger partial charge in [-0.15, -0.1) is 0 Å². The van der Waals surface area contributed by atoms with E-state index in [-0.39, 0.29) is 34.1 Å². The molecule has 2 atom stereocenters. The summed E-state index contributed by atoms with van der Waals surface area (Å²) in [6.45, 7) is 4.75. The third kappa shape index (κ3) is 5.19. The predicted molar refractivity (Wildman–Crippen MR) is 160 cm³/mol. The van der Waals surface area contributed by atoms with E-state index in [1.54, 1.807) is 24.4 Å². The molecule has 42 heavy (non-hydrogen) atoms. The van der Waals surface area contributed by atoms with Crippen molar-refractivity contribution in [2.75, 3.05) is 35.6 Å². The van der Waals surface area contributed by atoms with Crippen LogP contribution in [0, 0.1) is 5.41 Å². The van der Waals surface area contributed by atoms with Crippen LogP contribution < -0.4 is 27.2 Å². The fraction of sp³-hybridized carbons (Fsp3) is 0.464. The number of nitrogens with one attached hydrogen (secondary N) is 1. The summed E-state index contributed by atoms with van der Waals surface area (Å²) in [5, 5.41) is 13.7. The molecule has 222 valence electrons. The van der Waals surface area contributed by atoms with Gasteiger partial charge < -0.3 is 31.5 Å².